The number of nitrogens with one attached hydrogen (secondary N) is 2. The number of halogens is 2. The van der Waals surface area contributed by atoms with E-state index in [2.05, 4.69) is 38.1 Å². The van der Waals surface area contributed by atoms with Gasteiger partial charge in [0.15, 0.2) is 0 Å². The summed E-state index contributed by atoms with van der Waals surface area (Å²) >= 11 is 8.05. The molecule has 100 valence electrons. The summed E-state index contributed by atoms with van der Waals surface area (Å²) in [6.45, 7) is 0. The predicted octanol–water partition coefficient (Wildman–Crippen LogP) is 4.07. The van der Waals surface area contributed by atoms with Crippen LogP contribution >= 0.6 is 34.2 Å². The first-order valence-corrected chi connectivity index (χ1v) is 7.29. The van der Waals surface area contributed by atoms with E-state index in [0.717, 1.165) is 20.2 Å². The number of aromatic amines is 1. The Morgan fingerprint density at radius 2 is 2.10 bits per heavy atom. The van der Waals surface area contributed by atoms with Gasteiger partial charge in [0.05, 0.1) is 16.7 Å². The second-order valence-electron chi connectivity index (χ2n) is 4.26. The van der Waals surface area contributed by atoms with E-state index in [1.165, 1.54) is 0 Å². The summed E-state index contributed by atoms with van der Waals surface area (Å²) in [5, 5.41) is 11.3. The first-order valence-electron chi connectivity index (χ1n) is 5.83. The van der Waals surface area contributed by atoms with Gasteiger partial charge in [-0.1, -0.05) is 11.6 Å². The molecule has 0 aliphatic rings. The monoisotopic (exact) mass is 397 g/mol. The molecule has 0 aliphatic heterocycles. The second kappa shape index (κ2) is 5.41. The number of rotatable bonds is 2. The Labute approximate surface area is 133 Å². The molecule has 6 heteroatoms. The summed E-state index contributed by atoms with van der Waals surface area (Å²) in [6, 6.07) is 10.8. The number of aromatic nitrogens is 2. The van der Waals surface area contributed by atoms with Crippen molar-refractivity contribution < 1.29 is 4.79 Å². The zero-order chi connectivity index (χ0) is 14.1. The SMILES string of the molecule is O=C(Nc1ccc2cn[nH]c2c1)c1ccc(Cl)c(I)c1. The van der Waals surface area contributed by atoms with Crippen LogP contribution in [0.5, 0.6) is 0 Å². The fourth-order valence-corrected chi connectivity index (χ4v) is 2.49. The summed E-state index contributed by atoms with van der Waals surface area (Å²) < 4.78 is 0.848. The van der Waals surface area contributed by atoms with Crippen molar-refractivity contribution in [3.05, 3.63) is 56.8 Å². The summed E-state index contributed by atoms with van der Waals surface area (Å²) in [6.07, 6.45) is 1.74. The molecule has 3 aromatic rings. The van der Waals surface area contributed by atoms with Gasteiger partial charge in [0.25, 0.3) is 5.91 Å². The van der Waals surface area contributed by atoms with E-state index in [1.807, 2.05) is 18.2 Å². The molecule has 1 amide bonds. The van der Waals surface area contributed by atoms with Crippen LogP contribution in [-0.4, -0.2) is 16.1 Å². The minimum atomic E-state index is -0.168. The maximum atomic E-state index is 12.2. The standard InChI is InChI=1S/C14H9ClIN3O/c15-11-4-2-8(5-12(11)16)14(20)18-10-3-1-9-7-17-19-13(9)6-10/h1-7H,(H,17,19)(H,18,20). The summed E-state index contributed by atoms with van der Waals surface area (Å²) in [4.78, 5) is 12.2. The summed E-state index contributed by atoms with van der Waals surface area (Å²) in [7, 11) is 0. The topological polar surface area (TPSA) is 57.8 Å². The minimum Gasteiger partial charge on any atom is -0.322 e. The Kier molecular flexibility index (Phi) is 3.62. The van der Waals surface area contributed by atoms with Crippen molar-refractivity contribution in [1.29, 1.82) is 0 Å². The lowest BCUT2D eigenvalue weighted by Gasteiger charge is -2.06. The number of hydrogen-bond acceptors (Lipinski definition) is 2. The average molecular weight is 398 g/mol. The van der Waals surface area contributed by atoms with Crippen LogP contribution in [0.25, 0.3) is 10.9 Å². The van der Waals surface area contributed by atoms with Gasteiger partial charge in [-0.3, -0.25) is 9.89 Å². The van der Waals surface area contributed by atoms with Crippen molar-refractivity contribution >= 4 is 56.7 Å². The van der Waals surface area contributed by atoms with Crippen molar-refractivity contribution in [3.8, 4) is 0 Å². The minimum absolute atomic E-state index is 0.168. The molecule has 2 aromatic carbocycles. The largest absolute Gasteiger partial charge is 0.322 e. The van der Waals surface area contributed by atoms with Crippen LogP contribution in [0.2, 0.25) is 5.02 Å². The van der Waals surface area contributed by atoms with Crippen LogP contribution in [0, 0.1) is 3.57 Å². The molecule has 20 heavy (non-hydrogen) atoms. The van der Waals surface area contributed by atoms with E-state index >= 15 is 0 Å². The van der Waals surface area contributed by atoms with Crippen molar-refractivity contribution in [3.63, 3.8) is 0 Å². The Hall–Kier alpha value is -1.60. The van der Waals surface area contributed by atoms with Gasteiger partial charge in [0.2, 0.25) is 0 Å². The number of carbonyl (C=O) groups is 1. The normalized spacial score (nSPS) is 10.7. The lowest BCUT2D eigenvalue weighted by Crippen LogP contribution is -2.11. The summed E-state index contributed by atoms with van der Waals surface area (Å²) in [5.74, 6) is -0.168. The summed E-state index contributed by atoms with van der Waals surface area (Å²) in [5.41, 5.74) is 2.17. The van der Waals surface area contributed by atoms with E-state index in [9.17, 15) is 4.79 Å². The molecule has 0 saturated carbocycles. The number of hydrogen-bond donors (Lipinski definition) is 2. The van der Waals surface area contributed by atoms with Gasteiger partial charge >= 0.3 is 0 Å². The molecule has 1 aromatic heterocycles. The maximum Gasteiger partial charge on any atom is 0.255 e. The van der Waals surface area contributed by atoms with Crippen molar-refractivity contribution in [1.82, 2.24) is 10.2 Å². The predicted molar refractivity (Wildman–Crippen MR) is 88.2 cm³/mol. The second-order valence-corrected chi connectivity index (χ2v) is 5.82. The van der Waals surface area contributed by atoms with Gasteiger partial charge in [-0.2, -0.15) is 5.10 Å². The highest BCUT2D eigenvalue weighted by Crippen LogP contribution is 2.21. The van der Waals surface area contributed by atoms with Gasteiger partial charge < -0.3 is 5.32 Å². The molecule has 4 nitrogen and oxygen atoms in total. The van der Waals surface area contributed by atoms with E-state index in [0.29, 0.717) is 10.6 Å². The average Bonchev–Trinajstić information content (AvgIpc) is 2.89. The van der Waals surface area contributed by atoms with Crippen molar-refractivity contribution in [2.24, 2.45) is 0 Å². The molecule has 3 rings (SSSR count). The highest BCUT2D eigenvalue weighted by atomic mass is 127. The molecule has 0 saturated heterocycles. The first-order chi connectivity index (χ1) is 9.63. The number of nitrogens with zero attached hydrogens (tertiary/aromatic N) is 1. The highest BCUT2D eigenvalue weighted by molar-refractivity contribution is 14.1. The van der Waals surface area contributed by atoms with Gasteiger partial charge in [-0.25, -0.2) is 0 Å². The fraction of sp³-hybridized carbons (Fsp3) is 0. The molecule has 0 spiro atoms. The molecule has 2 N–H and O–H groups in total. The molecule has 0 radical (unpaired) electrons. The molecule has 0 atom stereocenters. The first kappa shape index (κ1) is 13.4. The van der Waals surface area contributed by atoms with Crippen LogP contribution in [0.1, 0.15) is 10.4 Å². The molecular weight excluding hydrogens is 389 g/mol. The maximum absolute atomic E-state index is 12.2. The Morgan fingerprint density at radius 3 is 2.90 bits per heavy atom. The zero-order valence-corrected chi connectivity index (χ0v) is 13.1. The number of benzene rings is 2. The molecule has 1 heterocycles. The molecule has 0 fully saturated rings. The van der Waals surface area contributed by atoms with E-state index < -0.39 is 0 Å². The molecule has 0 aliphatic carbocycles. The Morgan fingerprint density at radius 1 is 1.25 bits per heavy atom. The number of H-pyrrole nitrogens is 1. The Bertz CT molecular complexity index is 800. The number of fused-ring (bicyclic) bond motifs is 1. The van der Waals surface area contributed by atoms with Gasteiger partial charge in [0, 0.05) is 20.2 Å². The van der Waals surface area contributed by atoms with E-state index in [1.54, 1.807) is 24.4 Å². The van der Waals surface area contributed by atoms with Crippen molar-refractivity contribution in [2.75, 3.05) is 5.32 Å². The van der Waals surface area contributed by atoms with E-state index in [-0.39, 0.29) is 5.91 Å². The van der Waals surface area contributed by atoms with Crippen LogP contribution in [0.15, 0.2) is 42.6 Å². The fourth-order valence-electron chi connectivity index (χ4n) is 1.86. The smallest absolute Gasteiger partial charge is 0.255 e. The molecule has 0 unspecified atom stereocenters. The number of amides is 1. The van der Waals surface area contributed by atoms with Crippen LogP contribution in [0.3, 0.4) is 0 Å². The number of anilines is 1. The van der Waals surface area contributed by atoms with Crippen LogP contribution < -0.4 is 5.32 Å². The van der Waals surface area contributed by atoms with E-state index in [4.69, 9.17) is 11.6 Å². The van der Waals surface area contributed by atoms with Crippen molar-refractivity contribution in [2.45, 2.75) is 0 Å². The quantitative estimate of drug-likeness (QED) is 0.640. The Balaban J connectivity index is 1.85. The molecular formula is C14H9ClIN3O. The van der Waals surface area contributed by atoms with Gasteiger partial charge in [-0.05, 0) is 59.0 Å². The molecule has 0 bridgehead atoms. The third kappa shape index (κ3) is 2.64. The van der Waals surface area contributed by atoms with Gasteiger partial charge in [-0.15, -0.1) is 0 Å². The van der Waals surface area contributed by atoms with Crippen LogP contribution in [-0.2, 0) is 0 Å². The zero-order valence-electron chi connectivity index (χ0n) is 10.2. The van der Waals surface area contributed by atoms with Crippen LogP contribution in [0.4, 0.5) is 5.69 Å². The third-order valence-corrected chi connectivity index (χ3v) is 4.42. The lowest BCUT2D eigenvalue weighted by atomic mass is 10.2. The number of carbonyl (C=O) groups excluding carboxylic acids is 1. The third-order valence-electron chi connectivity index (χ3n) is 2.88. The highest BCUT2D eigenvalue weighted by Gasteiger charge is 2.08. The van der Waals surface area contributed by atoms with Gasteiger partial charge in [0.1, 0.15) is 0 Å². The lowest BCUT2D eigenvalue weighted by molar-refractivity contribution is 0.102.